The van der Waals surface area contributed by atoms with Crippen LogP contribution in [0.25, 0.3) is 22.1 Å². The smallest absolute Gasteiger partial charge is 0.410 e. The molecule has 6 aromatic rings. The van der Waals surface area contributed by atoms with Crippen molar-refractivity contribution in [2.24, 2.45) is 0 Å². The van der Waals surface area contributed by atoms with Crippen LogP contribution in [0.5, 0.6) is 0 Å². The number of hydrogen-bond donors (Lipinski definition) is 1. The van der Waals surface area contributed by atoms with Gasteiger partial charge in [0.15, 0.2) is 0 Å². The maximum Gasteiger partial charge on any atom is 0.410 e. The third-order valence-corrected chi connectivity index (χ3v) is 13.0. The number of rotatable bonds is 10. The number of fused-ring (bicyclic) bond motifs is 6. The van der Waals surface area contributed by atoms with Crippen molar-refractivity contribution in [3.05, 3.63) is 131 Å². The predicted octanol–water partition coefficient (Wildman–Crippen LogP) is 9.36. The normalized spacial score (nSPS) is 16.6. The van der Waals surface area contributed by atoms with Gasteiger partial charge in [0.05, 0.1) is 22.1 Å². The highest BCUT2D eigenvalue weighted by molar-refractivity contribution is 5.78. The topological polar surface area (TPSA) is 110 Å². The molecule has 4 aromatic carbocycles. The molecule has 2 aliphatic carbocycles. The Bertz CT molecular complexity index is 2420. The van der Waals surface area contributed by atoms with Crippen molar-refractivity contribution in [2.45, 2.75) is 118 Å². The summed E-state index contributed by atoms with van der Waals surface area (Å²) in [6, 6.07) is 33.7. The molecule has 0 atom stereocenters. The molecule has 2 amide bonds. The Kier molecular flexibility index (Phi) is 15.2. The van der Waals surface area contributed by atoms with Gasteiger partial charge in [-0.25, -0.2) is 19.6 Å². The lowest BCUT2D eigenvalue weighted by atomic mass is 9.91. The lowest BCUT2D eigenvalue weighted by Gasteiger charge is -2.36. The fourth-order valence-corrected chi connectivity index (χ4v) is 9.06. The van der Waals surface area contributed by atoms with Gasteiger partial charge in [-0.3, -0.25) is 9.80 Å². The Morgan fingerprint density at radius 2 is 1.11 bits per heavy atom. The second kappa shape index (κ2) is 21.1. The average molecular weight is 855 g/mol. The van der Waals surface area contributed by atoms with Gasteiger partial charge in [0.2, 0.25) is 0 Å². The summed E-state index contributed by atoms with van der Waals surface area (Å²) in [6.45, 7) is 7.95. The summed E-state index contributed by atoms with van der Waals surface area (Å²) in [5.74, 6) is 2.36. The van der Waals surface area contributed by atoms with Gasteiger partial charge in [-0.1, -0.05) is 100 Å². The van der Waals surface area contributed by atoms with Crippen molar-refractivity contribution < 1.29 is 19.1 Å². The third kappa shape index (κ3) is 10.9. The summed E-state index contributed by atoms with van der Waals surface area (Å²) >= 11 is 0. The molecule has 10 rings (SSSR count). The van der Waals surface area contributed by atoms with E-state index in [0.717, 1.165) is 97.5 Å². The third-order valence-electron chi connectivity index (χ3n) is 13.0. The van der Waals surface area contributed by atoms with E-state index >= 15 is 0 Å². The number of ether oxygens (including phenoxy) is 2. The van der Waals surface area contributed by atoms with Crippen LogP contribution in [0.1, 0.15) is 87.3 Å². The quantitative estimate of drug-likeness (QED) is 0.145. The molecule has 2 aliphatic heterocycles. The van der Waals surface area contributed by atoms with Crippen LogP contribution in [0.3, 0.4) is 0 Å². The molecular weight excluding hydrogens is 789 g/mol. The molecule has 0 unspecified atom stereocenters. The predicted molar refractivity (Wildman–Crippen MR) is 250 cm³/mol. The van der Waals surface area contributed by atoms with Gasteiger partial charge in [0.25, 0.3) is 0 Å². The van der Waals surface area contributed by atoms with Gasteiger partial charge >= 0.3 is 12.2 Å². The summed E-state index contributed by atoms with van der Waals surface area (Å²) in [5.41, 5.74) is 8.49. The zero-order valence-electron chi connectivity index (χ0n) is 35.4. The molecule has 0 bridgehead atoms. The minimum atomic E-state index is -0.407. The Morgan fingerprint density at radius 3 is 1.62 bits per heavy atom. The summed E-state index contributed by atoms with van der Waals surface area (Å²) in [6.07, 6.45) is 9.46. The Balaban J connectivity index is 0.000000183. The fourth-order valence-electron chi connectivity index (χ4n) is 9.06. The molecule has 334 valence electrons. The Morgan fingerprint density at radius 1 is 0.619 bits per heavy atom. The highest BCUT2D eigenvalue weighted by Crippen LogP contribution is 2.29. The van der Waals surface area contributed by atoms with Crippen LogP contribution in [-0.4, -0.2) is 91.3 Å². The maximum absolute atomic E-state index is 12.4. The van der Waals surface area contributed by atoms with Crippen LogP contribution in [-0.2, 0) is 61.7 Å². The zero-order valence-corrected chi connectivity index (χ0v) is 35.4. The summed E-state index contributed by atoms with van der Waals surface area (Å²) < 4.78 is 15.5. The zero-order chi connectivity index (χ0) is 41.5. The molecule has 0 saturated heterocycles. The van der Waals surface area contributed by atoms with Crippen molar-refractivity contribution >= 4 is 34.3 Å². The first-order valence-electron chi connectivity index (χ1n) is 22.2. The van der Waals surface area contributed by atoms with Crippen molar-refractivity contribution in [1.29, 1.82) is 0 Å². The lowest BCUT2D eigenvalue weighted by molar-refractivity contribution is 0.103. The summed E-state index contributed by atoms with van der Waals surface area (Å²) in [5, 5.41) is 2.83. The van der Waals surface area contributed by atoms with E-state index in [1.807, 2.05) is 60.7 Å². The Hall–Kier alpha value is -5.72. The van der Waals surface area contributed by atoms with Crippen molar-refractivity contribution in [3.63, 3.8) is 0 Å². The van der Waals surface area contributed by atoms with E-state index in [9.17, 15) is 9.59 Å². The van der Waals surface area contributed by atoms with E-state index in [2.05, 4.69) is 60.6 Å². The first-order chi connectivity index (χ1) is 29.9. The highest BCUT2D eigenvalue weighted by atomic mass is 16.6. The van der Waals surface area contributed by atoms with Crippen molar-refractivity contribution in [3.8, 4) is 0 Å². The molecule has 1 N–H and O–H groups in total. The first kappa shape index (κ1) is 45.3. The molecule has 0 radical (unpaired) electrons. The number of hydrogen-bond acceptors (Lipinski definition) is 8. The molecule has 4 heterocycles. The number of carbonyl (C=O) groups excluding carboxylic acids is 2. The van der Waals surface area contributed by atoms with E-state index in [0.29, 0.717) is 13.1 Å². The van der Waals surface area contributed by atoms with Crippen LogP contribution in [0.4, 0.5) is 9.59 Å². The van der Waals surface area contributed by atoms with Gasteiger partial charge in [0, 0.05) is 84.3 Å². The first-order valence-corrected chi connectivity index (χ1v) is 22.2. The average Bonchev–Trinajstić information content (AvgIpc) is 3.61. The molecule has 63 heavy (non-hydrogen) atoms. The lowest BCUT2D eigenvalue weighted by Crippen LogP contribution is -2.41. The van der Waals surface area contributed by atoms with Crippen molar-refractivity contribution in [1.82, 2.24) is 39.1 Å². The number of carbonyl (C=O) groups is 2. The molecule has 12 heteroatoms. The Labute approximate surface area is 373 Å². The van der Waals surface area contributed by atoms with E-state index < -0.39 is 6.09 Å². The second-order valence-corrected chi connectivity index (χ2v) is 17.1. The summed E-state index contributed by atoms with van der Waals surface area (Å²) in [7, 11) is 1.77. The number of amides is 2. The molecule has 4 aliphatic rings. The molecule has 12 nitrogen and oxygen atoms in total. The monoisotopic (exact) mass is 855 g/mol. The number of nitrogens with zero attached hydrogens (tertiary/aromatic N) is 7. The minimum Gasteiger partial charge on any atom is -0.445 e. The summed E-state index contributed by atoms with van der Waals surface area (Å²) in [4.78, 5) is 41.1. The van der Waals surface area contributed by atoms with Gasteiger partial charge in [-0.15, -0.1) is 0 Å². The highest BCUT2D eigenvalue weighted by Gasteiger charge is 2.29. The number of imidazole rings is 2. The van der Waals surface area contributed by atoms with Crippen LogP contribution in [0.2, 0.25) is 0 Å². The van der Waals surface area contributed by atoms with Gasteiger partial charge < -0.3 is 28.8 Å². The second-order valence-electron chi connectivity index (χ2n) is 17.1. The van der Waals surface area contributed by atoms with Crippen LogP contribution >= 0.6 is 0 Å². The molecule has 0 spiro atoms. The van der Waals surface area contributed by atoms with Gasteiger partial charge in [-0.05, 0) is 72.2 Å². The number of nitrogens with one attached hydrogen (secondary N) is 1. The van der Waals surface area contributed by atoms with Gasteiger partial charge in [0.1, 0.15) is 24.9 Å². The minimum absolute atomic E-state index is 0. The van der Waals surface area contributed by atoms with E-state index in [4.69, 9.17) is 19.4 Å². The SMILES string of the molecule is C.C.CN(Cc1ccc2c(c1)nc1n2CCN(C2CCC2)CC1)C(=O)OCc1ccccc1.O=C(NCc1ccc2c(c1)nc1n2CCN(C2CCC2)CC1)OCc1ccccc1. The largest absolute Gasteiger partial charge is 0.445 e. The van der Waals surface area contributed by atoms with Crippen LogP contribution < -0.4 is 5.32 Å². The van der Waals surface area contributed by atoms with Crippen molar-refractivity contribution in [2.75, 3.05) is 33.2 Å². The molecule has 2 fully saturated rings. The van der Waals surface area contributed by atoms with Crippen LogP contribution in [0, 0.1) is 0 Å². The van der Waals surface area contributed by atoms with Gasteiger partial charge in [-0.2, -0.15) is 0 Å². The standard InChI is InChI=1S/C25H30N4O2.C24H28N4O2.2CH4/c1-27(25(30)31-18-19-6-3-2-4-7-19)17-20-10-11-23-22(16-20)26-24-12-13-28(14-15-29(23)24)21-8-5-9-21;29-24(30-17-18-5-2-1-3-6-18)25-16-19-9-10-22-21(15-19)26-23-11-12-27(13-14-28(22)23)20-7-4-8-20;;/h2-4,6-7,10-11,16,21H,5,8-9,12-15,17-18H2,1H3;1-3,5-6,9-10,15,20H,4,7-8,11-14,16-17H2,(H,25,29);2*1H4. The van der Waals surface area contributed by atoms with E-state index in [1.165, 1.54) is 61.2 Å². The van der Waals surface area contributed by atoms with E-state index in [1.54, 1.807) is 11.9 Å². The van der Waals surface area contributed by atoms with Crippen LogP contribution in [0.15, 0.2) is 97.1 Å². The molecular formula is C51H66N8O4. The number of alkyl carbamates (subject to hydrolysis) is 1. The van der Waals surface area contributed by atoms with E-state index in [-0.39, 0.29) is 34.2 Å². The maximum atomic E-state index is 12.4. The molecule has 2 saturated carbocycles. The number of aromatic nitrogens is 4. The fraction of sp³-hybridized carbons (Fsp3) is 0.451. The molecule has 2 aromatic heterocycles. The number of benzene rings is 4.